The van der Waals surface area contributed by atoms with E-state index in [1.165, 1.54) is 0 Å². The zero-order chi connectivity index (χ0) is 12.4. The third-order valence-corrected chi connectivity index (χ3v) is 2.90. The van der Waals surface area contributed by atoms with Gasteiger partial charge < -0.3 is 11.5 Å². The number of hydrogen-bond donors (Lipinski definition) is 2. The van der Waals surface area contributed by atoms with Crippen LogP contribution in [0.4, 0.5) is 11.4 Å². The molecule has 3 nitrogen and oxygen atoms in total. The molecule has 0 heterocycles. The molecule has 0 amide bonds. The van der Waals surface area contributed by atoms with Crippen molar-refractivity contribution in [2.24, 2.45) is 0 Å². The Bertz CT molecular complexity index is 581. The molecule has 0 aliphatic carbocycles. The van der Waals surface area contributed by atoms with E-state index in [-0.39, 0.29) is 10.8 Å². The largest absolute Gasteiger partial charge is 0.398 e. The van der Waals surface area contributed by atoms with E-state index in [4.69, 9.17) is 23.1 Å². The predicted octanol–water partition coefficient (Wildman–Crippen LogP) is 2.74. The van der Waals surface area contributed by atoms with Gasteiger partial charge >= 0.3 is 0 Å². The molecular formula is C13H11ClN2O. The number of ketones is 1. The summed E-state index contributed by atoms with van der Waals surface area (Å²) < 4.78 is 0. The molecule has 4 N–H and O–H groups in total. The fourth-order valence-corrected chi connectivity index (χ4v) is 1.79. The fraction of sp³-hybridized carbons (Fsp3) is 0. The van der Waals surface area contributed by atoms with Crippen LogP contribution in [0.1, 0.15) is 15.9 Å². The summed E-state index contributed by atoms with van der Waals surface area (Å²) in [6, 6.07) is 11.8. The molecule has 0 saturated carbocycles. The molecule has 0 bridgehead atoms. The Morgan fingerprint density at radius 1 is 0.882 bits per heavy atom. The third-order valence-electron chi connectivity index (χ3n) is 2.48. The lowest BCUT2D eigenvalue weighted by Crippen LogP contribution is -2.06. The van der Waals surface area contributed by atoms with Gasteiger partial charge in [-0.25, -0.2) is 0 Å². The SMILES string of the molecule is Nc1ccccc1C(=O)c1cccc(N)c1Cl. The van der Waals surface area contributed by atoms with Crippen molar-refractivity contribution < 1.29 is 4.79 Å². The van der Waals surface area contributed by atoms with Gasteiger partial charge in [0.05, 0.1) is 10.7 Å². The monoisotopic (exact) mass is 246 g/mol. The van der Waals surface area contributed by atoms with Gasteiger partial charge in [0.15, 0.2) is 5.78 Å². The first-order chi connectivity index (χ1) is 8.11. The normalized spacial score (nSPS) is 10.2. The smallest absolute Gasteiger partial charge is 0.196 e. The number of anilines is 2. The van der Waals surface area contributed by atoms with Crippen LogP contribution in [0.5, 0.6) is 0 Å². The van der Waals surface area contributed by atoms with Crippen molar-refractivity contribution in [1.82, 2.24) is 0 Å². The molecule has 0 unspecified atom stereocenters. The molecule has 0 atom stereocenters. The van der Waals surface area contributed by atoms with Crippen LogP contribution in [0, 0.1) is 0 Å². The lowest BCUT2D eigenvalue weighted by atomic mass is 10.0. The van der Waals surface area contributed by atoms with Crippen LogP contribution >= 0.6 is 11.6 Å². The molecular weight excluding hydrogens is 236 g/mol. The van der Waals surface area contributed by atoms with Gasteiger partial charge in [-0.2, -0.15) is 0 Å². The summed E-state index contributed by atoms with van der Waals surface area (Å²) in [5.41, 5.74) is 13.0. The van der Waals surface area contributed by atoms with E-state index in [0.717, 1.165) is 0 Å². The second-order valence-electron chi connectivity index (χ2n) is 3.63. The number of nitrogen functional groups attached to an aromatic ring is 2. The number of rotatable bonds is 2. The molecule has 17 heavy (non-hydrogen) atoms. The quantitative estimate of drug-likeness (QED) is 0.632. The minimum Gasteiger partial charge on any atom is -0.398 e. The fourth-order valence-electron chi connectivity index (χ4n) is 1.57. The van der Waals surface area contributed by atoms with Crippen LogP contribution < -0.4 is 11.5 Å². The minimum absolute atomic E-state index is 0.222. The van der Waals surface area contributed by atoms with E-state index >= 15 is 0 Å². The van der Waals surface area contributed by atoms with E-state index < -0.39 is 0 Å². The summed E-state index contributed by atoms with van der Waals surface area (Å²) in [6.07, 6.45) is 0. The Morgan fingerprint density at radius 2 is 1.47 bits per heavy atom. The summed E-state index contributed by atoms with van der Waals surface area (Å²) in [4.78, 5) is 12.2. The van der Waals surface area contributed by atoms with Gasteiger partial charge in [0.25, 0.3) is 0 Å². The van der Waals surface area contributed by atoms with Crippen molar-refractivity contribution in [3.05, 3.63) is 58.6 Å². The van der Waals surface area contributed by atoms with Gasteiger partial charge in [-0.3, -0.25) is 4.79 Å². The van der Waals surface area contributed by atoms with E-state index in [2.05, 4.69) is 0 Å². The van der Waals surface area contributed by atoms with Crippen LogP contribution in [0.15, 0.2) is 42.5 Å². The van der Waals surface area contributed by atoms with Gasteiger partial charge in [0, 0.05) is 16.8 Å². The summed E-state index contributed by atoms with van der Waals surface area (Å²) in [5.74, 6) is -0.222. The average molecular weight is 247 g/mol. The Kier molecular flexibility index (Phi) is 3.02. The number of carbonyl (C=O) groups is 1. The summed E-state index contributed by atoms with van der Waals surface area (Å²) in [6.45, 7) is 0. The highest BCUT2D eigenvalue weighted by molar-refractivity contribution is 6.37. The van der Waals surface area contributed by atoms with Gasteiger partial charge in [-0.1, -0.05) is 29.8 Å². The molecule has 0 aliphatic heterocycles. The summed E-state index contributed by atoms with van der Waals surface area (Å²) >= 11 is 6.00. The van der Waals surface area contributed by atoms with E-state index in [9.17, 15) is 4.79 Å². The number of nitrogens with two attached hydrogens (primary N) is 2. The van der Waals surface area contributed by atoms with Gasteiger partial charge in [-0.15, -0.1) is 0 Å². The highest BCUT2D eigenvalue weighted by Crippen LogP contribution is 2.26. The topological polar surface area (TPSA) is 69.1 Å². The van der Waals surface area contributed by atoms with Gasteiger partial charge in [0.1, 0.15) is 0 Å². The predicted molar refractivity (Wildman–Crippen MR) is 70.2 cm³/mol. The first-order valence-corrected chi connectivity index (χ1v) is 5.42. The molecule has 0 aromatic heterocycles. The van der Waals surface area contributed by atoms with Crippen molar-refractivity contribution in [2.45, 2.75) is 0 Å². The highest BCUT2D eigenvalue weighted by Gasteiger charge is 2.15. The zero-order valence-corrected chi connectivity index (χ0v) is 9.74. The van der Waals surface area contributed by atoms with Crippen LogP contribution in [0.3, 0.4) is 0 Å². The lowest BCUT2D eigenvalue weighted by molar-refractivity contribution is 0.104. The summed E-state index contributed by atoms with van der Waals surface area (Å²) in [5, 5.41) is 0.265. The third kappa shape index (κ3) is 2.10. The molecule has 2 rings (SSSR count). The van der Waals surface area contributed by atoms with Crippen molar-refractivity contribution in [3.63, 3.8) is 0 Å². The average Bonchev–Trinajstić information content (AvgIpc) is 2.32. The molecule has 0 saturated heterocycles. The maximum atomic E-state index is 12.2. The Labute approximate surface area is 104 Å². The zero-order valence-electron chi connectivity index (χ0n) is 8.98. The van der Waals surface area contributed by atoms with E-state index in [0.29, 0.717) is 22.5 Å². The van der Waals surface area contributed by atoms with Crippen molar-refractivity contribution in [2.75, 3.05) is 11.5 Å². The number of hydrogen-bond acceptors (Lipinski definition) is 3. The molecule has 0 fully saturated rings. The van der Waals surface area contributed by atoms with Gasteiger partial charge in [-0.05, 0) is 24.3 Å². The van der Waals surface area contributed by atoms with Crippen molar-refractivity contribution in [1.29, 1.82) is 0 Å². The van der Waals surface area contributed by atoms with Crippen molar-refractivity contribution in [3.8, 4) is 0 Å². The number of para-hydroxylation sites is 1. The van der Waals surface area contributed by atoms with Crippen LogP contribution in [0.25, 0.3) is 0 Å². The standard InChI is InChI=1S/C13H11ClN2O/c14-12-9(5-3-7-11(12)16)13(17)8-4-1-2-6-10(8)15/h1-7H,15-16H2. The first-order valence-electron chi connectivity index (χ1n) is 5.04. The Hall–Kier alpha value is -2.00. The van der Waals surface area contributed by atoms with E-state index in [1.54, 1.807) is 42.5 Å². The molecule has 0 spiro atoms. The van der Waals surface area contributed by atoms with Crippen LogP contribution in [-0.2, 0) is 0 Å². The van der Waals surface area contributed by atoms with E-state index in [1.807, 2.05) is 0 Å². The minimum atomic E-state index is -0.222. The molecule has 0 radical (unpaired) electrons. The molecule has 2 aromatic rings. The Balaban J connectivity index is 2.52. The Morgan fingerprint density at radius 3 is 2.18 bits per heavy atom. The maximum absolute atomic E-state index is 12.2. The van der Waals surface area contributed by atoms with Crippen LogP contribution in [-0.4, -0.2) is 5.78 Å². The molecule has 4 heteroatoms. The van der Waals surface area contributed by atoms with Crippen molar-refractivity contribution >= 4 is 28.8 Å². The molecule has 0 aliphatic rings. The number of benzene rings is 2. The maximum Gasteiger partial charge on any atom is 0.196 e. The number of carbonyl (C=O) groups excluding carboxylic acids is 1. The highest BCUT2D eigenvalue weighted by atomic mass is 35.5. The lowest BCUT2D eigenvalue weighted by Gasteiger charge is -2.07. The second kappa shape index (κ2) is 4.47. The first kappa shape index (κ1) is 11.5. The van der Waals surface area contributed by atoms with Gasteiger partial charge in [0.2, 0.25) is 0 Å². The second-order valence-corrected chi connectivity index (χ2v) is 4.00. The van der Waals surface area contributed by atoms with Crippen LogP contribution in [0.2, 0.25) is 5.02 Å². The molecule has 2 aromatic carbocycles. The summed E-state index contributed by atoms with van der Waals surface area (Å²) in [7, 11) is 0. The number of halogens is 1. The molecule has 86 valence electrons.